The molecule has 0 fully saturated rings. The predicted octanol–water partition coefficient (Wildman–Crippen LogP) is 1.95. The van der Waals surface area contributed by atoms with E-state index < -0.39 is 0 Å². The van der Waals surface area contributed by atoms with Gasteiger partial charge in [-0.2, -0.15) is 0 Å². The molecule has 0 aliphatic carbocycles. The summed E-state index contributed by atoms with van der Waals surface area (Å²) >= 11 is 1.62. The quantitative estimate of drug-likeness (QED) is 0.726. The maximum atomic E-state index is 11.8. The number of carbonyl (C=O) groups is 2. The molecule has 6 heteroatoms. The highest BCUT2D eigenvalue weighted by molar-refractivity contribution is 7.19. The number of rotatable bonds is 2. The third-order valence-electron chi connectivity index (χ3n) is 2.50. The van der Waals surface area contributed by atoms with Crippen molar-refractivity contribution < 1.29 is 9.59 Å². The van der Waals surface area contributed by atoms with Gasteiger partial charge in [-0.05, 0) is 19.1 Å². The SMILES string of the molecule is Cc1cc2[nH]c(C(=O)NNC(=O)C(C)C)cc2s1. The molecule has 0 saturated heterocycles. The van der Waals surface area contributed by atoms with Crippen LogP contribution in [0, 0.1) is 12.8 Å². The predicted molar refractivity (Wildman–Crippen MR) is 71.4 cm³/mol. The molecule has 0 aliphatic heterocycles. The molecule has 0 bridgehead atoms. The van der Waals surface area contributed by atoms with Crippen LogP contribution in [0.4, 0.5) is 0 Å². The number of aryl methyl sites for hydroxylation is 1. The lowest BCUT2D eigenvalue weighted by atomic mass is 10.2. The number of amides is 2. The Balaban J connectivity index is 2.04. The molecule has 0 radical (unpaired) electrons. The Hall–Kier alpha value is -1.82. The Morgan fingerprint density at radius 1 is 1.28 bits per heavy atom. The van der Waals surface area contributed by atoms with Gasteiger partial charge in [0.25, 0.3) is 5.91 Å². The molecule has 96 valence electrons. The number of hydrazine groups is 1. The van der Waals surface area contributed by atoms with E-state index in [1.807, 2.05) is 13.0 Å². The van der Waals surface area contributed by atoms with E-state index in [0.717, 1.165) is 10.2 Å². The van der Waals surface area contributed by atoms with Crippen molar-refractivity contribution in [3.63, 3.8) is 0 Å². The van der Waals surface area contributed by atoms with Gasteiger partial charge in [0, 0.05) is 10.8 Å². The number of hydrogen-bond donors (Lipinski definition) is 3. The lowest BCUT2D eigenvalue weighted by molar-refractivity contribution is -0.124. The van der Waals surface area contributed by atoms with E-state index in [1.165, 1.54) is 4.88 Å². The van der Waals surface area contributed by atoms with Crippen molar-refractivity contribution in [2.24, 2.45) is 5.92 Å². The van der Waals surface area contributed by atoms with Gasteiger partial charge in [-0.15, -0.1) is 11.3 Å². The fourth-order valence-corrected chi connectivity index (χ4v) is 2.42. The second kappa shape index (κ2) is 4.81. The minimum atomic E-state index is -0.343. The molecule has 5 nitrogen and oxygen atoms in total. The maximum Gasteiger partial charge on any atom is 0.286 e. The minimum absolute atomic E-state index is 0.167. The molecule has 0 aromatic carbocycles. The molecule has 0 saturated carbocycles. The van der Waals surface area contributed by atoms with Gasteiger partial charge in [-0.1, -0.05) is 13.8 Å². The van der Waals surface area contributed by atoms with Crippen molar-refractivity contribution in [2.75, 3.05) is 0 Å². The van der Waals surface area contributed by atoms with E-state index in [0.29, 0.717) is 5.69 Å². The monoisotopic (exact) mass is 265 g/mol. The van der Waals surface area contributed by atoms with Crippen molar-refractivity contribution in [1.29, 1.82) is 0 Å². The second-order valence-corrected chi connectivity index (χ2v) is 5.70. The summed E-state index contributed by atoms with van der Waals surface area (Å²) in [4.78, 5) is 27.3. The minimum Gasteiger partial charge on any atom is -0.350 e. The maximum absolute atomic E-state index is 11.8. The number of thiophene rings is 1. The number of carbonyl (C=O) groups excluding carboxylic acids is 2. The van der Waals surface area contributed by atoms with Crippen LogP contribution in [0.5, 0.6) is 0 Å². The average Bonchev–Trinajstić information content (AvgIpc) is 2.81. The van der Waals surface area contributed by atoms with Gasteiger partial charge in [-0.3, -0.25) is 20.4 Å². The molecule has 2 rings (SSSR count). The van der Waals surface area contributed by atoms with E-state index in [9.17, 15) is 9.59 Å². The molecule has 2 heterocycles. The summed E-state index contributed by atoms with van der Waals surface area (Å²) in [5, 5.41) is 0. The molecule has 0 unspecified atom stereocenters. The van der Waals surface area contributed by atoms with Crippen LogP contribution in [-0.4, -0.2) is 16.8 Å². The molecule has 18 heavy (non-hydrogen) atoms. The first kappa shape index (κ1) is 12.6. The summed E-state index contributed by atoms with van der Waals surface area (Å²) < 4.78 is 1.04. The summed E-state index contributed by atoms with van der Waals surface area (Å²) in [6.45, 7) is 5.53. The van der Waals surface area contributed by atoms with E-state index in [-0.39, 0.29) is 17.7 Å². The van der Waals surface area contributed by atoms with Crippen LogP contribution in [-0.2, 0) is 4.79 Å². The van der Waals surface area contributed by atoms with Crippen LogP contribution >= 0.6 is 11.3 Å². The molecule has 0 spiro atoms. The Kier molecular flexibility index (Phi) is 3.38. The zero-order valence-electron chi connectivity index (χ0n) is 10.5. The van der Waals surface area contributed by atoms with E-state index >= 15 is 0 Å². The third kappa shape index (κ3) is 2.53. The van der Waals surface area contributed by atoms with Crippen LogP contribution in [0.15, 0.2) is 12.1 Å². The molecule has 2 aromatic heterocycles. The Labute approximate surface area is 109 Å². The number of aromatic nitrogens is 1. The highest BCUT2D eigenvalue weighted by Gasteiger charge is 2.13. The van der Waals surface area contributed by atoms with Gasteiger partial charge in [0.15, 0.2) is 0 Å². The van der Waals surface area contributed by atoms with Gasteiger partial charge in [-0.25, -0.2) is 0 Å². The molecule has 3 N–H and O–H groups in total. The van der Waals surface area contributed by atoms with Gasteiger partial charge in [0.1, 0.15) is 5.69 Å². The molecule has 0 atom stereocenters. The largest absolute Gasteiger partial charge is 0.350 e. The molecule has 2 aromatic rings. The van der Waals surface area contributed by atoms with Crippen molar-refractivity contribution in [3.8, 4) is 0 Å². The van der Waals surface area contributed by atoms with Crippen LogP contribution in [0.1, 0.15) is 29.2 Å². The van der Waals surface area contributed by atoms with E-state index in [1.54, 1.807) is 31.3 Å². The Morgan fingerprint density at radius 3 is 2.61 bits per heavy atom. The van der Waals surface area contributed by atoms with Crippen molar-refractivity contribution in [2.45, 2.75) is 20.8 Å². The lowest BCUT2D eigenvalue weighted by Crippen LogP contribution is -2.43. The van der Waals surface area contributed by atoms with Gasteiger partial charge >= 0.3 is 0 Å². The van der Waals surface area contributed by atoms with Crippen LogP contribution < -0.4 is 10.9 Å². The summed E-state index contributed by atoms with van der Waals surface area (Å²) in [5.41, 5.74) is 6.14. The topological polar surface area (TPSA) is 74.0 Å². The van der Waals surface area contributed by atoms with Crippen molar-refractivity contribution in [3.05, 3.63) is 22.7 Å². The molecule has 0 aliphatic rings. The summed E-state index contributed by atoms with van der Waals surface area (Å²) in [6, 6.07) is 3.77. The smallest absolute Gasteiger partial charge is 0.286 e. The molecule has 2 amide bonds. The summed E-state index contributed by atoms with van der Waals surface area (Å²) in [6.07, 6.45) is 0. The van der Waals surface area contributed by atoms with E-state index in [2.05, 4.69) is 15.8 Å². The zero-order valence-corrected chi connectivity index (χ0v) is 11.3. The Bertz CT molecular complexity index is 566. The van der Waals surface area contributed by atoms with Crippen LogP contribution in [0.3, 0.4) is 0 Å². The summed E-state index contributed by atoms with van der Waals surface area (Å²) in [7, 11) is 0. The highest BCUT2D eigenvalue weighted by atomic mass is 32.1. The first-order valence-electron chi connectivity index (χ1n) is 5.66. The molecular formula is C12H15N3O2S. The van der Waals surface area contributed by atoms with Crippen molar-refractivity contribution >= 4 is 33.4 Å². The number of hydrogen-bond acceptors (Lipinski definition) is 3. The molecular weight excluding hydrogens is 250 g/mol. The normalized spacial score (nSPS) is 10.9. The Morgan fingerprint density at radius 2 is 2.00 bits per heavy atom. The first-order chi connectivity index (χ1) is 8.47. The lowest BCUT2D eigenvalue weighted by Gasteiger charge is -2.07. The number of fused-ring (bicyclic) bond motifs is 1. The van der Waals surface area contributed by atoms with Gasteiger partial charge < -0.3 is 4.98 Å². The summed E-state index contributed by atoms with van der Waals surface area (Å²) in [5.74, 6) is -0.724. The number of nitrogens with one attached hydrogen (secondary N) is 3. The van der Waals surface area contributed by atoms with E-state index in [4.69, 9.17) is 0 Å². The fourth-order valence-electron chi connectivity index (χ4n) is 1.50. The average molecular weight is 265 g/mol. The third-order valence-corrected chi connectivity index (χ3v) is 3.49. The van der Waals surface area contributed by atoms with Crippen LogP contribution in [0.25, 0.3) is 10.2 Å². The van der Waals surface area contributed by atoms with Crippen LogP contribution in [0.2, 0.25) is 0 Å². The standard InChI is InChI=1S/C12H15N3O2S/c1-6(2)11(16)14-15-12(17)9-5-10-8(13-9)4-7(3)18-10/h4-6,13H,1-3H3,(H,14,16)(H,15,17). The fraction of sp³-hybridized carbons (Fsp3) is 0.333. The van der Waals surface area contributed by atoms with Crippen molar-refractivity contribution in [1.82, 2.24) is 15.8 Å². The number of H-pyrrole nitrogens is 1. The van der Waals surface area contributed by atoms with Gasteiger partial charge in [0.05, 0.1) is 10.2 Å². The first-order valence-corrected chi connectivity index (χ1v) is 6.48. The van der Waals surface area contributed by atoms with Gasteiger partial charge in [0.2, 0.25) is 5.91 Å². The second-order valence-electron chi connectivity index (χ2n) is 4.42. The number of aromatic amines is 1. The highest BCUT2D eigenvalue weighted by Crippen LogP contribution is 2.25. The zero-order chi connectivity index (χ0) is 13.3.